The molecule has 0 amide bonds. The summed E-state index contributed by atoms with van der Waals surface area (Å²) in [6, 6.07) is 11.6. The Kier molecular flexibility index (Phi) is 5.51. The number of halogens is 1. The largest absolute Gasteiger partial charge is 0.495 e. The summed E-state index contributed by atoms with van der Waals surface area (Å²) in [5.74, 6) is 0.414. The lowest BCUT2D eigenvalue weighted by atomic mass is 10.1. The smallest absolute Gasteiger partial charge is 0.240 e. The topological polar surface area (TPSA) is 81.2 Å². The van der Waals surface area contributed by atoms with Crippen molar-refractivity contribution in [2.45, 2.75) is 11.4 Å². The molecule has 0 aliphatic carbocycles. The van der Waals surface area contributed by atoms with Crippen LogP contribution in [0.2, 0.25) is 5.02 Å². The molecule has 3 aromatic rings. The standard InChI is InChI=1S/C18H16ClN3O3S/c1-25-17-7-6-15(10-16(17)19)26(23,24)22-12-14-5-3-9-21-18(14)13-4-2-8-20-11-13/h2-11,22H,12H2,1H3. The SMILES string of the molecule is COc1ccc(S(=O)(=O)NCc2cccnc2-c2cccnc2)cc1Cl. The maximum Gasteiger partial charge on any atom is 0.240 e. The summed E-state index contributed by atoms with van der Waals surface area (Å²) in [6.07, 6.45) is 5.01. The van der Waals surface area contributed by atoms with Crippen molar-refractivity contribution in [2.75, 3.05) is 7.11 Å². The molecule has 134 valence electrons. The van der Waals surface area contributed by atoms with Crippen molar-refractivity contribution in [3.8, 4) is 17.0 Å². The summed E-state index contributed by atoms with van der Waals surface area (Å²) in [4.78, 5) is 8.49. The van der Waals surface area contributed by atoms with Crippen LogP contribution in [-0.4, -0.2) is 25.5 Å². The number of aromatic nitrogens is 2. The fourth-order valence-corrected chi connectivity index (χ4v) is 3.77. The molecular weight excluding hydrogens is 374 g/mol. The molecule has 8 heteroatoms. The number of rotatable bonds is 6. The fraction of sp³-hybridized carbons (Fsp3) is 0.111. The number of nitrogens with zero attached hydrogens (tertiary/aromatic N) is 2. The summed E-state index contributed by atoms with van der Waals surface area (Å²) in [5, 5.41) is 0.229. The fourth-order valence-electron chi connectivity index (χ4n) is 2.41. The van der Waals surface area contributed by atoms with E-state index in [0.717, 1.165) is 11.1 Å². The summed E-state index contributed by atoms with van der Waals surface area (Å²) < 4.78 is 32.7. The van der Waals surface area contributed by atoms with E-state index in [1.54, 1.807) is 30.7 Å². The lowest BCUT2D eigenvalue weighted by molar-refractivity contribution is 0.414. The highest BCUT2D eigenvalue weighted by Crippen LogP contribution is 2.27. The van der Waals surface area contributed by atoms with Crippen LogP contribution in [0.5, 0.6) is 5.75 Å². The van der Waals surface area contributed by atoms with Crippen LogP contribution in [0.4, 0.5) is 0 Å². The quantitative estimate of drug-likeness (QED) is 0.699. The zero-order valence-corrected chi connectivity index (χ0v) is 15.5. The third-order valence-corrected chi connectivity index (χ3v) is 5.41. The van der Waals surface area contributed by atoms with Gasteiger partial charge in [-0.05, 0) is 42.0 Å². The van der Waals surface area contributed by atoms with Crippen LogP contribution < -0.4 is 9.46 Å². The summed E-state index contributed by atoms with van der Waals surface area (Å²) in [7, 11) is -2.27. The lowest BCUT2D eigenvalue weighted by Gasteiger charge is -2.11. The molecule has 0 bridgehead atoms. The zero-order chi connectivity index (χ0) is 18.6. The van der Waals surface area contributed by atoms with E-state index in [-0.39, 0.29) is 16.5 Å². The van der Waals surface area contributed by atoms with Crippen LogP contribution in [0.25, 0.3) is 11.3 Å². The molecule has 0 aliphatic rings. The van der Waals surface area contributed by atoms with Crippen molar-refractivity contribution in [3.05, 3.63) is 71.6 Å². The van der Waals surface area contributed by atoms with Crippen LogP contribution in [0.1, 0.15) is 5.56 Å². The third kappa shape index (κ3) is 4.01. The van der Waals surface area contributed by atoms with E-state index in [4.69, 9.17) is 16.3 Å². The van der Waals surface area contributed by atoms with Gasteiger partial charge in [0.25, 0.3) is 0 Å². The second kappa shape index (κ2) is 7.82. The van der Waals surface area contributed by atoms with Crippen molar-refractivity contribution in [1.29, 1.82) is 0 Å². The van der Waals surface area contributed by atoms with Gasteiger partial charge in [0.1, 0.15) is 5.75 Å². The predicted octanol–water partition coefficient (Wildman–Crippen LogP) is 3.28. The number of benzene rings is 1. The van der Waals surface area contributed by atoms with Crippen molar-refractivity contribution >= 4 is 21.6 Å². The number of hydrogen-bond acceptors (Lipinski definition) is 5. The van der Waals surface area contributed by atoms with E-state index in [1.165, 1.54) is 25.3 Å². The van der Waals surface area contributed by atoms with Gasteiger partial charge in [-0.3, -0.25) is 9.97 Å². The molecule has 2 heterocycles. The first-order chi connectivity index (χ1) is 12.5. The number of methoxy groups -OCH3 is 1. The summed E-state index contributed by atoms with van der Waals surface area (Å²) in [5.41, 5.74) is 2.23. The first-order valence-corrected chi connectivity index (χ1v) is 9.55. The number of ether oxygens (including phenoxy) is 1. The molecule has 6 nitrogen and oxygen atoms in total. The van der Waals surface area contributed by atoms with Crippen molar-refractivity contribution < 1.29 is 13.2 Å². The second-order valence-corrected chi connectivity index (χ2v) is 7.55. The molecule has 2 aromatic heterocycles. The predicted molar refractivity (Wildman–Crippen MR) is 99.5 cm³/mol. The van der Waals surface area contributed by atoms with Gasteiger partial charge in [0.05, 0.1) is 22.7 Å². The third-order valence-electron chi connectivity index (χ3n) is 3.71. The van der Waals surface area contributed by atoms with Crippen LogP contribution in [0.3, 0.4) is 0 Å². The lowest BCUT2D eigenvalue weighted by Crippen LogP contribution is -2.23. The monoisotopic (exact) mass is 389 g/mol. The molecule has 0 radical (unpaired) electrons. The Labute approximate surface area is 156 Å². The minimum atomic E-state index is -3.74. The molecule has 1 N–H and O–H groups in total. The van der Waals surface area contributed by atoms with Gasteiger partial charge in [0.15, 0.2) is 0 Å². The van der Waals surface area contributed by atoms with Gasteiger partial charge in [-0.1, -0.05) is 17.7 Å². The van der Waals surface area contributed by atoms with Gasteiger partial charge in [0.2, 0.25) is 10.0 Å². The molecule has 0 spiro atoms. The first kappa shape index (κ1) is 18.3. The molecule has 0 saturated heterocycles. The number of hydrogen-bond donors (Lipinski definition) is 1. The Morgan fingerprint density at radius 1 is 1.15 bits per heavy atom. The average molecular weight is 390 g/mol. The Balaban J connectivity index is 1.84. The Hall–Kier alpha value is -2.48. The maximum atomic E-state index is 12.6. The van der Waals surface area contributed by atoms with Crippen molar-refractivity contribution in [2.24, 2.45) is 0 Å². The van der Waals surface area contributed by atoms with Crippen LogP contribution in [-0.2, 0) is 16.6 Å². The molecule has 0 atom stereocenters. The number of nitrogens with one attached hydrogen (secondary N) is 1. The Bertz CT molecular complexity index is 1010. The van der Waals surface area contributed by atoms with Crippen LogP contribution in [0.15, 0.2) is 66.0 Å². The highest BCUT2D eigenvalue weighted by atomic mass is 35.5. The molecule has 0 fully saturated rings. The second-order valence-electron chi connectivity index (χ2n) is 5.37. The van der Waals surface area contributed by atoms with Gasteiger partial charge < -0.3 is 4.74 Å². The van der Waals surface area contributed by atoms with E-state index in [2.05, 4.69) is 14.7 Å². The molecule has 1 aromatic carbocycles. The number of sulfonamides is 1. The van der Waals surface area contributed by atoms with Gasteiger partial charge in [-0.2, -0.15) is 0 Å². The summed E-state index contributed by atoms with van der Waals surface area (Å²) in [6.45, 7) is 0.0874. The van der Waals surface area contributed by atoms with E-state index >= 15 is 0 Å². The maximum absolute atomic E-state index is 12.6. The van der Waals surface area contributed by atoms with E-state index in [9.17, 15) is 8.42 Å². The van der Waals surface area contributed by atoms with Gasteiger partial charge in [-0.25, -0.2) is 13.1 Å². The van der Waals surface area contributed by atoms with Gasteiger partial charge in [-0.15, -0.1) is 0 Å². The summed E-state index contributed by atoms with van der Waals surface area (Å²) >= 11 is 6.02. The highest BCUT2D eigenvalue weighted by Gasteiger charge is 2.17. The van der Waals surface area contributed by atoms with Crippen molar-refractivity contribution in [3.63, 3.8) is 0 Å². The average Bonchev–Trinajstić information content (AvgIpc) is 2.67. The number of pyridine rings is 2. The molecule has 0 unspecified atom stereocenters. The van der Waals surface area contributed by atoms with E-state index in [1.807, 2.05) is 12.1 Å². The molecule has 0 saturated carbocycles. The normalized spacial score (nSPS) is 11.3. The van der Waals surface area contributed by atoms with Crippen molar-refractivity contribution in [1.82, 2.24) is 14.7 Å². The van der Waals surface area contributed by atoms with Gasteiger partial charge >= 0.3 is 0 Å². The minimum Gasteiger partial charge on any atom is -0.495 e. The zero-order valence-electron chi connectivity index (χ0n) is 13.9. The first-order valence-electron chi connectivity index (χ1n) is 7.69. The molecule has 0 aliphatic heterocycles. The van der Waals surface area contributed by atoms with Crippen LogP contribution in [0, 0.1) is 0 Å². The van der Waals surface area contributed by atoms with Crippen LogP contribution >= 0.6 is 11.6 Å². The molecule has 26 heavy (non-hydrogen) atoms. The van der Waals surface area contributed by atoms with Gasteiger partial charge in [0, 0.05) is 30.7 Å². The Morgan fingerprint density at radius 3 is 2.65 bits per heavy atom. The minimum absolute atomic E-state index is 0.0649. The van der Waals surface area contributed by atoms with E-state index in [0.29, 0.717) is 11.4 Å². The highest BCUT2D eigenvalue weighted by molar-refractivity contribution is 7.89. The Morgan fingerprint density at radius 2 is 1.96 bits per heavy atom. The molecule has 3 rings (SSSR count). The molecular formula is C18H16ClN3O3S. The van der Waals surface area contributed by atoms with E-state index < -0.39 is 10.0 Å².